The maximum absolute atomic E-state index is 13.0. The van der Waals surface area contributed by atoms with Crippen molar-refractivity contribution >= 4 is 5.69 Å². The molecule has 0 aliphatic rings. The first-order valence-corrected chi connectivity index (χ1v) is 3.80. The number of halogens is 1. The fourth-order valence-corrected chi connectivity index (χ4v) is 1.12. The first-order valence-electron chi connectivity index (χ1n) is 3.80. The molecule has 0 aliphatic carbocycles. The van der Waals surface area contributed by atoms with Gasteiger partial charge in [-0.2, -0.15) is 4.39 Å². The van der Waals surface area contributed by atoms with E-state index in [4.69, 9.17) is 0 Å². The molecule has 4 heteroatoms. The first kappa shape index (κ1) is 9.64. The molecule has 13 heavy (non-hydrogen) atoms. The van der Waals surface area contributed by atoms with Gasteiger partial charge in [-0.1, -0.05) is 19.1 Å². The number of nitro groups is 1. The van der Waals surface area contributed by atoms with Gasteiger partial charge in [-0.25, -0.2) is 0 Å². The maximum atomic E-state index is 13.0. The zero-order valence-corrected chi connectivity index (χ0v) is 7.16. The largest absolute Gasteiger partial charge is 0.308 e. The molecule has 0 bridgehead atoms. The van der Waals surface area contributed by atoms with Crippen LogP contribution < -0.4 is 0 Å². The molecule has 0 saturated heterocycles. The first-order chi connectivity index (χ1) is 6.04. The Balaban J connectivity index is 3.34. The third kappa shape index (κ3) is 1.83. The van der Waals surface area contributed by atoms with Crippen LogP contribution in [0.4, 0.5) is 10.1 Å². The predicted molar refractivity (Wildman–Crippen MR) is 46.8 cm³/mol. The molecule has 1 unspecified atom stereocenters. The second-order valence-corrected chi connectivity index (χ2v) is 2.84. The summed E-state index contributed by atoms with van der Waals surface area (Å²) in [6, 6.07) is 4.03. The van der Waals surface area contributed by atoms with Crippen LogP contribution >= 0.6 is 0 Å². The molecule has 0 spiro atoms. The summed E-state index contributed by atoms with van der Waals surface area (Å²) in [7, 11) is 0. The second kappa shape index (κ2) is 3.51. The zero-order chi connectivity index (χ0) is 10.0. The molecule has 3 nitrogen and oxygen atoms in total. The number of hydrogen-bond donors (Lipinski definition) is 0. The Morgan fingerprint density at radius 3 is 2.62 bits per heavy atom. The van der Waals surface area contributed by atoms with E-state index in [1.54, 1.807) is 6.92 Å². The molecule has 0 amide bonds. The fourth-order valence-electron chi connectivity index (χ4n) is 1.12. The van der Waals surface area contributed by atoms with Crippen molar-refractivity contribution in [2.24, 2.45) is 0 Å². The number of para-hydroxylation sites is 1. The standard InChI is InChI=1S/C9H9FNO2/c1-6(2)7-4-3-5-8(10)9(7)11(12)13/h3-6H,1H2,2H3. The Morgan fingerprint density at radius 1 is 1.62 bits per heavy atom. The highest BCUT2D eigenvalue weighted by Gasteiger charge is 2.20. The monoisotopic (exact) mass is 182 g/mol. The van der Waals surface area contributed by atoms with Crippen molar-refractivity contribution in [1.29, 1.82) is 0 Å². The molecule has 0 aromatic heterocycles. The van der Waals surface area contributed by atoms with Crippen molar-refractivity contribution in [2.45, 2.75) is 12.8 Å². The van der Waals surface area contributed by atoms with Crippen LogP contribution in [0.2, 0.25) is 0 Å². The molecule has 1 rings (SSSR count). The highest BCUT2D eigenvalue weighted by atomic mass is 19.1. The van der Waals surface area contributed by atoms with Gasteiger partial charge in [0.25, 0.3) is 0 Å². The second-order valence-electron chi connectivity index (χ2n) is 2.84. The van der Waals surface area contributed by atoms with Crippen molar-refractivity contribution in [2.75, 3.05) is 0 Å². The van der Waals surface area contributed by atoms with Gasteiger partial charge in [0.05, 0.1) is 4.92 Å². The summed E-state index contributed by atoms with van der Waals surface area (Å²) in [4.78, 5) is 9.77. The summed E-state index contributed by atoms with van der Waals surface area (Å²) in [5, 5.41) is 10.5. The fraction of sp³-hybridized carbons (Fsp3) is 0.222. The Kier molecular flexibility index (Phi) is 2.60. The van der Waals surface area contributed by atoms with Crippen LogP contribution in [0, 0.1) is 22.9 Å². The highest BCUT2D eigenvalue weighted by molar-refractivity contribution is 5.43. The van der Waals surface area contributed by atoms with Crippen LogP contribution in [0.3, 0.4) is 0 Å². The van der Waals surface area contributed by atoms with Crippen LogP contribution in [0.1, 0.15) is 18.4 Å². The van der Waals surface area contributed by atoms with Crippen LogP contribution in [0.5, 0.6) is 0 Å². The molecule has 0 N–H and O–H groups in total. The molecular weight excluding hydrogens is 173 g/mol. The predicted octanol–water partition coefficient (Wildman–Crippen LogP) is 2.67. The molecule has 1 atom stereocenters. The summed E-state index contributed by atoms with van der Waals surface area (Å²) in [5.41, 5.74) is -0.144. The molecule has 1 aromatic carbocycles. The summed E-state index contributed by atoms with van der Waals surface area (Å²) in [6.45, 7) is 5.30. The van der Waals surface area contributed by atoms with E-state index in [0.717, 1.165) is 6.07 Å². The molecule has 0 fully saturated rings. The third-order valence-electron chi connectivity index (χ3n) is 1.73. The lowest BCUT2D eigenvalue weighted by atomic mass is 10.0. The molecule has 1 aromatic rings. The van der Waals surface area contributed by atoms with E-state index >= 15 is 0 Å². The van der Waals surface area contributed by atoms with Crippen molar-refractivity contribution in [3.8, 4) is 0 Å². The molecule has 0 aliphatic heterocycles. The molecule has 1 radical (unpaired) electrons. The van der Waals surface area contributed by atoms with Crippen molar-refractivity contribution in [3.05, 3.63) is 46.6 Å². The summed E-state index contributed by atoms with van der Waals surface area (Å²) < 4.78 is 13.0. The van der Waals surface area contributed by atoms with Gasteiger partial charge in [-0.3, -0.25) is 10.1 Å². The summed E-state index contributed by atoms with van der Waals surface area (Å²) in [6.07, 6.45) is 0. The smallest absolute Gasteiger partial charge is 0.258 e. The summed E-state index contributed by atoms with van der Waals surface area (Å²) >= 11 is 0. The van der Waals surface area contributed by atoms with Gasteiger partial charge in [0.2, 0.25) is 5.82 Å². The van der Waals surface area contributed by atoms with E-state index in [2.05, 4.69) is 6.92 Å². The Labute approximate surface area is 75.3 Å². The minimum Gasteiger partial charge on any atom is -0.258 e. The number of rotatable bonds is 2. The number of benzene rings is 1. The van der Waals surface area contributed by atoms with Gasteiger partial charge in [0.1, 0.15) is 0 Å². The number of hydrogen-bond acceptors (Lipinski definition) is 2. The Morgan fingerprint density at radius 2 is 2.23 bits per heavy atom. The van der Waals surface area contributed by atoms with Gasteiger partial charge in [0.15, 0.2) is 0 Å². The van der Waals surface area contributed by atoms with Crippen molar-refractivity contribution in [1.82, 2.24) is 0 Å². The van der Waals surface area contributed by atoms with Gasteiger partial charge in [-0.05, 0) is 18.9 Å². The van der Waals surface area contributed by atoms with Gasteiger partial charge in [0, 0.05) is 5.56 Å². The minimum atomic E-state index is -0.807. The molecular formula is C9H9FNO2. The van der Waals surface area contributed by atoms with E-state index in [1.165, 1.54) is 12.1 Å². The lowest BCUT2D eigenvalue weighted by Crippen LogP contribution is -2.00. The quantitative estimate of drug-likeness (QED) is 0.521. The van der Waals surface area contributed by atoms with E-state index < -0.39 is 16.4 Å². The minimum absolute atomic E-state index is 0.295. The molecule has 69 valence electrons. The van der Waals surface area contributed by atoms with E-state index in [-0.39, 0.29) is 5.92 Å². The van der Waals surface area contributed by atoms with Crippen LogP contribution in [0.25, 0.3) is 0 Å². The molecule has 0 heterocycles. The van der Waals surface area contributed by atoms with Gasteiger partial charge in [-0.15, -0.1) is 0 Å². The van der Waals surface area contributed by atoms with Crippen molar-refractivity contribution < 1.29 is 9.31 Å². The van der Waals surface area contributed by atoms with Gasteiger partial charge >= 0.3 is 5.69 Å². The van der Waals surface area contributed by atoms with Crippen LogP contribution in [0.15, 0.2) is 18.2 Å². The topological polar surface area (TPSA) is 43.1 Å². The Bertz CT molecular complexity index is 336. The lowest BCUT2D eigenvalue weighted by molar-refractivity contribution is -0.388. The van der Waals surface area contributed by atoms with E-state index in [0.29, 0.717) is 5.56 Å². The number of nitrogens with zero attached hydrogens (tertiary/aromatic N) is 1. The SMILES string of the molecule is [CH2]C(C)c1cccc(F)c1[N+](=O)[O-]. The van der Waals surface area contributed by atoms with Crippen molar-refractivity contribution in [3.63, 3.8) is 0 Å². The lowest BCUT2D eigenvalue weighted by Gasteiger charge is -2.05. The number of nitro benzene ring substituents is 1. The Hall–Kier alpha value is -1.45. The maximum Gasteiger partial charge on any atom is 0.308 e. The van der Waals surface area contributed by atoms with E-state index in [1.807, 2.05) is 0 Å². The normalized spacial score (nSPS) is 10.5. The average molecular weight is 182 g/mol. The third-order valence-corrected chi connectivity index (χ3v) is 1.73. The van der Waals surface area contributed by atoms with Crippen LogP contribution in [-0.4, -0.2) is 4.92 Å². The van der Waals surface area contributed by atoms with E-state index in [9.17, 15) is 14.5 Å². The molecule has 0 saturated carbocycles. The van der Waals surface area contributed by atoms with Gasteiger partial charge < -0.3 is 0 Å². The highest BCUT2D eigenvalue weighted by Crippen LogP contribution is 2.28. The summed E-state index contributed by atoms with van der Waals surface area (Å²) in [5.74, 6) is -1.10. The van der Waals surface area contributed by atoms with Crippen LogP contribution in [-0.2, 0) is 0 Å². The zero-order valence-electron chi connectivity index (χ0n) is 7.16. The average Bonchev–Trinajstić information content (AvgIpc) is 2.02.